The highest BCUT2D eigenvalue weighted by atomic mass is 79.9. The second-order valence-electron chi connectivity index (χ2n) is 3.01. The molecule has 0 aliphatic carbocycles. The van der Waals surface area contributed by atoms with Gasteiger partial charge in [-0.25, -0.2) is 4.98 Å². The molecule has 1 heterocycles. The molecule has 0 aliphatic rings. The van der Waals surface area contributed by atoms with Crippen LogP contribution in [0.15, 0.2) is 22.8 Å². The van der Waals surface area contributed by atoms with Gasteiger partial charge in [-0.1, -0.05) is 0 Å². The highest BCUT2D eigenvalue weighted by Gasteiger charge is 2.08. The Bertz CT molecular complexity index is 260. The highest BCUT2D eigenvalue weighted by molar-refractivity contribution is 9.10. The number of nitrogens with zero attached hydrogens (tertiary/aromatic N) is 2. The lowest BCUT2D eigenvalue weighted by Gasteiger charge is -2.23. The van der Waals surface area contributed by atoms with Gasteiger partial charge in [0.15, 0.2) is 0 Å². The maximum Gasteiger partial charge on any atom is 0.142 e. The van der Waals surface area contributed by atoms with E-state index < -0.39 is 0 Å². The van der Waals surface area contributed by atoms with Crippen LogP contribution in [0.4, 0.5) is 5.82 Å². The molecule has 0 N–H and O–H groups in total. The second-order valence-corrected chi connectivity index (χ2v) is 3.87. The summed E-state index contributed by atoms with van der Waals surface area (Å²) in [5.41, 5.74) is 0. The Labute approximate surface area is 81.7 Å². The van der Waals surface area contributed by atoms with Gasteiger partial charge >= 0.3 is 0 Å². The molecule has 1 aromatic heterocycles. The number of hydrogen-bond donors (Lipinski definition) is 0. The van der Waals surface area contributed by atoms with Crippen molar-refractivity contribution in [1.29, 1.82) is 0 Å². The van der Waals surface area contributed by atoms with E-state index in [9.17, 15) is 0 Å². The summed E-state index contributed by atoms with van der Waals surface area (Å²) in [5, 5.41) is 0. The van der Waals surface area contributed by atoms with Crippen LogP contribution in [-0.2, 0) is 0 Å². The quantitative estimate of drug-likeness (QED) is 0.775. The van der Waals surface area contributed by atoms with Gasteiger partial charge in [-0.15, -0.1) is 0 Å². The minimum Gasteiger partial charge on any atom is -0.356 e. The predicted octanol–water partition coefficient (Wildman–Crippen LogP) is 2.69. The number of anilines is 1. The maximum atomic E-state index is 4.28. The predicted molar refractivity (Wildman–Crippen MR) is 55.5 cm³/mol. The van der Waals surface area contributed by atoms with Gasteiger partial charge in [0, 0.05) is 19.3 Å². The number of aromatic nitrogens is 1. The summed E-state index contributed by atoms with van der Waals surface area (Å²) < 4.78 is 1.04. The molecular weight excluding hydrogens is 216 g/mol. The van der Waals surface area contributed by atoms with Gasteiger partial charge in [0.05, 0.1) is 4.47 Å². The van der Waals surface area contributed by atoms with Crippen molar-refractivity contribution >= 4 is 21.7 Å². The van der Waals surface area contributed by atoms with E-state index in [4.69, 9.17) is 0 Å². The first-order valence-electron chi connectivity index (χ1n) is 3.96. The molecule has 66 valence electrons. The van der Waals surface area contributed by atoms with Crippen molar-refractivity contribution < 1.29 is 0 Å². The monoisotopic (exact) mass is 228 g/mol. The fraction of sp³-hybridized carbons (Fsp3) is 0.444. The van der Waals surface area contributed by atoms with E-state index in [-0.39, 0.29) is 0 Å². The summed E-state index contributed by atoms with van der Waals surface area (Å²) in [4.78, 5) is 6.41. The van der Waals surface area contributed by atoms with Gasteiger partial charge in [0.25, 0.3) is 0 Å². The lowest BCUT2D eigenvalue weighted by atomic mass is 10.3. The Kier molecular flexibility index (Phi) is 3.09. The summed E-state index contributed by atoms with van der Waals surface area (Å²) in [6.45, 7) is 4.28. The fourth-order valence-corrected chi connectivity index (χ4v) is 1.42. The standard InChI is InChI=1S/C9H13BrN2/c1-7(2)12(3)9-8(10)5-4-6-11-9/h4-7H,1-3H3. The Morgan fingerprint density at radius 2 is 2.17 bits per heavy atom. The molecule has 3 heteroatoms. The van der Waals surface area contributed by atoms with E-state index in [0.29, 0.717) is 6.04 Å². The van der Waals surface area contributed by atoms with E-state index in [1.54, 1.807) is 6.20 Å². The molecule has 1 rings (SSSR count). The topological polar surface area (TPSA) is 16.1 Å². The zero-order chi connectivity index (χ0) is 9.14. The molecule has 0 bridgehead atoms. The molecule has 0 saturated carbocycles. The highest BCUT2D eigenvalue weighted by Crippen LogP contribution is 2.22. The zero-order valence-corrected chi connectivity index (χ0v) is 9.17. The SMILES string of the molecule is CC(C)N(C)c1ncccc1Br. The van der Waals surface area contributed by atoms with Crippen LogP contribution >= 0.6 is 15.9 Å². The van der Waals surface area contributed by atoms with E-state index in [1.807, 2.05) is 19.2 Å². The first-order valence-corrected chi connectivity index (χ1v) is 4.75. The van der Waals surface area contributed by atoms with Crippen molar-refractivity contribution in [3.63, 3.8) is 0 Å². The van der Waals surface area contributed by atoms with Crippen LogP contribution < -0.4 is 4.90 Å². The van der Waals surface area contributed by atoms with Crippen molar-refractivity contribution in [2.24, 2.45) is 0 Å². The third-order valence-electron chi connectivity index (χ3n) is 1.85. The van der Waals surface area contributed by atoms with Crippen LogP contribution in [0, 0.1) is 0 Å². The van der Waals surface area contributed by atoms with Crippen LogP contribution in [0.2, 0.25) is 0 Å². The summed E-state index contributed by atoms with van der Waals surface area (Å²) >= 11 is 3.46. The van der Waals surface area contributed by atoms with Gasteiger partial charge in [-0.05, 0) is 41.9 Å². The third-order valence-corrected chi connectivity index (χ3v) is 2.47. The smallest absolute Gasteiger partial charge is 0.142 e. The van der Waals surface area contributed by atoms with Crippen molar-refractivity contribution in [2.45, 2.75) is 19.9 Å². The molecule has 0 saturated heterocycles. The van der Waals surface area contributed by atoms with Crippen LogP contribution in [0.5, 0.6) is 0 Å². The van der Waals surface area contributed by atoms with Gasteiger partial charge in [-0.2, -0.15) is 0 Å². The van der Waals surface area contributed by atoms with Crippen molar-refractivity contribution in [1.82, 2.24) is 4.98 Å². The van der Waals surface area contributed by atoms with E-state index in [1.165, 1.54) is 0 Å². The van der Waals surface area contributed by atoms with E-state index in [2.05, 4.69) is 39.7 Å². The van der Waals surface area contributed by atoms with E-state index >= 15 is 0 Å². The van der Waals surface area contributed by atoms with Gasteiger partial charge < -0.3 is 4.90 Å². The van der Waals surface area contributed by atoms with Crippen molar-refractivity contribution in [3.05, 3.63) is 22.8 Å². The molecule has 0 amide bonds. The van der Waals surface area contributed by atoms with Crippen molar-refractivity contribution in [2.75, 3.05) is 11.9 Å². The lowest BCUT2D eigenvalue weighted by Crippen LogP contribution is -2.26. The minimum absolute atomic E-state index is 0.469. The van der Waals surface area contributed by atoms with Crippen LogP contribution in [0.25, 0.3) is 0 Å². The molecule has 0 fully saturated rings. The molecule has 0 spiro atoms. The number of rotatable bonds is 2. The van der Waals surface area contributed by atoms with Gasteiger partial charge in [-0.3, -0.25) is 0 Å². The van der Waals surface area contributed by atoms with Crippen molar-refractivity contribution in [3.8, 4) is 0 Å². The molecular formula is C9H13BrN2. The third kappa shape index (κ3) is 1.97. The Morgan fingerprint density at radius 1 is 1.50 bits per heavy atom. The number of hydrogen-bond acceptors (Lipinski definition) is 2. The second kappa shape index (κ2) is 3.90. The molecule has 0 aliphatic heterocycles. The Morgan fingerprint density at radius 3 is 2.67 bits per heavy atom. The summed E-state index contributed by atoms with van der Waals surface area (Å²) in [6, 6.07) is 4.39. The average Bonchev–Trinajstić information content (AvgIpc) is 2.04. The molecule has 1 aromatic rings. The van der Waals surface area contributed by atoms with E-state index in [0.717, 1.165) is 10.3 Å². The van der Waals surface area contributed by atoms with Gasteiger partial charge in [0.2, 0.25) is 0 Å². The Hall–Kier alpha value is -0.570. The normalized spacial score (nSPS) is 10.4. The van der Waals surface area contributed by atoms with Crippen LogP contribution in [0.1, 0.15) is 13.8 Å². The molecule has 2 nitrogen and oxygen atoms in total. The first-order chi connectivity index (χ1) is 5.63. The number of halogens is 1. The average molecular weight is 229 g/mol. The summed E-state index contributed by atoms with van der Waals surface area (Å²) in [6.07, 6.45) is 1.80. The molecule has 0 unspecified atom stereocenters. The molecule has 12 heavy (non-hydrogen) atoms. The number of pyridine rings is 1. The minimum atomic E-state index is 0.469. The molecule has 0 aromatic carbocycles. The molecule has 0 radical (unpaired) electrons. The summed E-state index contributed by atoms with van der Waals surface area (Å²) in [5.74, 6) is 0.993. The largest absolute Gasteiger partial charge is 0.356 e. The van der Waals surface area contributed by atoms with Gasteiger partial charge in [0.1, 0.15) is 5.82 Å². The molecule has 0 atom stereocenters. The summed E-state index contributed by atoms with van der Waals surface area (Å²) in [7, 11) is 2.04. The lowest BCUT2D eigenvalue weighted by molar-refractivity contribution is 0.741. The maximum absolute atomic E-state index is 4.28. The van der Waals surface area contributed by atoms with Crippen LogP contribution in [-0.4, -0.2) is 18.1 Å². The zero-order valence-electron chi connectivity index (χ0n) is 7.58. The van der Waals surface area contributed by atoms with Crippen LogP contribution in [0.3, 0.4) is 0 Å². The Balaban J connectivity index is 2.94. The fourth-order valence-electron chi connectivity index (χ4n) is 0.881. The first kappa shape index (κ1) is 9.52.